The predicted octanol–water partition coefficient (Wildman–Crippen LogP) is 2.59. The fraction of sp³-hybridized carbons (Fsp3) is 0.316. The van der Waals surface area contributed by atoms with Gasteiger partial charge in [0.2, 0.25) is 0 Å². The molecule has 2 aromatic rings. The van der Waals surface area contributed by atoms with Crippen LogP contribution in [0.25, 0.3) is 0 Å². The molecule has 0 aliphatic carbocycles. The van der Waals surface area contributed by atoms with Crippen molar-refractivity contribution in [2.24, 2.45) is 0 Å². The Balaban J connectivity index is 1.70. The van der Waals surface area contributed by atoms with Crippen LogP contribution in [0.2, 0.25) is 0 Å². The zero-order valence-electron chi connectivity index (χ0n) is 15.2. The summed E-state index contributed by atoms with van der Waals surface area (Å²) in [5.41, 5.74) is 0.908. The molecule has 7 nitrogen and oxygen atoms in total. The van der Waals surface area contributed by atoms with Crippen molar-refractivity contribution >= 4 is 6.03 Å². The average molecular weight is 360 g/mol. The maximum Gasteiger partial charge on any atom is 0.315 e. The Morgan fingerprint density at radius 1 is 0.885 bits per heavy atom. The molecular formula is C19H24N2O5. The van der Waals surface area contributed by atoms with Gasteiger partial charge in [0.15, 0.2) is 11.5 Å². The lowest BCUT2D eigenvalue weighted by Gasteiger charge is -2.11. The number of hydrogen-bond donors (Lipinski definition) is 2. The minimum Gasteiger partial charge on any atom is -0.497 e. The van der Waals surface area contributed by atoms with Gasteiger partial charge in [0, 0.05) is 12.6 Å². The molecule has 0 fully saturated rings. The fourth-order valence-corrected chi connectivity index (χ4v) is 2.26. The van der Waals surface area contributed by atoms with E-state index in [0.29, 0.717) is 36.9 Å². The van der Waals surface area contributed by atoms with E-state index in [0.717, 1.165) is 11.3 Å². The van der Waals surface area contributed by atoms with Crippen LogP contribution in [-0.4, -0.2) is 40.5 Å². The van der Waals surface area contributed by atoms with Gasteiger partial charge in [-0.3, -0.25) is 0 Å². The Labute approximate surface area is 153 Å². The predicted molar refractivity (Wildman–Crippen MR) is 98.3 cm³/mol. The van der Waals surface area contributed by atoms with E-state index in [4.69, 9.17) is 18.9 Å². The number of hydrogen-bond acceptors (Lipinski definition) is 5. The van der Waals surface area contributed by atoms with Gasteiger partial charge in [0.25, 0.3) is 0 Å². The Bertz CT molecular complexity index is 721. The number of nitrogens with one attached hydrogen (secondary N) is 2. The number of carbonyl (C=O) groups excluding carboxylic acids is 1. The molecule has 0 aliphatic heterocycles. The largest absolute Gasteiger partial charge is 0.497 e. The second-order valence-electron chi connectivity index (χ2n) is 5.33. The van der Waals surface area contributed by atoms with Crippen molar-refractivity contribution in [3.05, 3.63) is 48.0 Å². The van der Waals surface area contributed by atoms with E-state index in [1.807, 2.05) is 30.3 Å². The van der Waals surface area contributed by atoms with Crippen LogP contribution in [0.1, 0.15) is 5.56 Å². The second kappa shape index (κ2) is 10.0. The molecule has 0 unspecified atom stereocenters. The van der Waals surface area contributed by atoms with Crippen molar-refractivity contribution in [1.29, 1.82) is 0 Å². The van der Waals surface area contributed by atoms with Gasteiger partial charge < -0.3 is 29.6 Å². The molecule has 26 heavy (non-hydrogen) atoms. The molecule has 140 valence electrons. The van der Waals surface area contributed by atoms with Gasteiger partial charge in [-0.2, -0.15) is 0 Å². The smallest absolute Gasteiger partial charge is 0.315 e. The Hall–Kier alpha value is -3.09. The minimum atomic E-state index is -0.269. The summed E-state index contributed by atoms with van der Waals surface area (Å²) in [7, 11) is 4.75. The standard InChI is InChI=1S/C19H24N2O5/c1-23-15-5-4-6-16(12-15)26-10-9-20-19(22)21-13-14-7-8-17(24-2)18(11-14)25-3/h4-8,11-12H,9-10,13H2,1-3H3,(H2,20,21,22). The maximum absolute atomic E-state index is 11.9. The quantitative estimate of drug-likeness (QED) is 0.672. The number of rotatable bonds is 9. The molecular weight excluding hydrogens is 336 g/mol. The van der Waals surface area contributed by atoms with Gasteiger partial charge in [-0.15, -0.1) is 0 Å². The third-order valence-electron chi connectivity index (χ3n) is 3.60. The highest BCUT2D eigenvalue weighted by molar-refractivity contribution is 5.73. The number of carbonyl (C=O) groups is 1. The number of ether oxygens (including phenoxy) is 4. The highest BCUT2D eigenvalue weighted by Crippen LogP contribution is 2.27. The van der Waals surface area contributed by atoms with E-state index < -0.39 is 0 Å². The molecule has 0 heterocycles. The van der Waals surface area contributed by atoms with Crippen LogP contribution >= 0.6 is 0 Å². The summed E-state index contributed by atoms with van der Waals surface area (Å²) >= 11 is 0. The number of urea groups is 1. The lowest BCUT2D eigenvalue weighted by atomic mass is 10.2. The van der Waals surface area contributed by atoms with E-state index in [9.17, 15) is 4.79 Å². The minimum absolute atomic E-state index is 0.269. The van der Waals surface area contributed by atoms with Gasteiger partial charge in [-0.1, -0.05) is 12.1 Å². The molecule has 0 spiro atoms. The molecule has 2 amide bonds. The van der Waals surface area contributed by atoms with E-state index >= 15 is 0 Å². The molecule has 0 aliphatic rings. The zero-order valence-corrected chi connectivity index (χ0v) is 15.2. The Kier molecular flexibility index (Phi) is 7.42. The van der Waals surface area contributed by atoms with Crippen LogP contribution in [0.15, 0.2) is 42.5 Å². The highest BCUT2D eigenvalue weighted by atomic mass is 16.5. The van der Waals surface area contributed by atoms with Gasteiger partial charge in [-0.25, -0.2) is 4.79 Å². The molecule has 2 N–H and O–H groups in total. The second-order valence-corrected chi connectivity index (χ2v) is 5.33. The van der Waals surface area contributed by atoms with Crippen molar-refractivity contribution in [1.82, 2.24) is 10.6 Å². The third-order valence-corrected chi connectivity index (χ3v) is 3.60. The van der Waals surface area contributed by atoms with E-state index in [2.05, 4.69) is 10.6 Å². The van der Waals surface area contributed by atoms with Crippen molar-refractivity contribution in [2.45, 2.75) is 6.54 Å². The summed E-state index contributed by atoms with van der Waals surface area (Å²) in [5, 5.41) is 5.52. The molecule has 2 rings (SSSR count). The SMILES string of the molecule is COc1cccc(OCCNC(=O)NCc2ccc(OC)c(OC)c2)c1. The van der Waals surface area contributed by atoms with Crippen molar-refractivity contribution in [2.75, 3.05) is 34.5 Å². The number of amides is 2. The lowest BCUT2D eigenvalue weighted by molar-refractivity contribution is 0.236. The van der Waals surface area contributed by atoms with Crippen LogP contribution in [-0.2, 0) is 6.54 Å². The average Bonchev–Trinajstić information content (AvgIpc) is 2.69. The fourth-order valence-electron chi connectivity index (χ4n) is 2.26. The molecule has 7 heteroatoms. The topological polar surface area (TPSA) is 78.1 Å². The molecule has 0 radical (unpaired) electrons. The Morgan fingerprint density at radius 2 is 1.65 bits per heavy atom. The monoisotopic (exact) mass is 360 g/mol. The first kappa shape index (κ1) is 19.2. The van der Waals surface area contributed by atoms with E-state index in [1.54, 1.807) is 33.5 Å². The van der Waals surface area contributed by atoms with Gasteiger partial charge >= 0.3 is 6.03 Å². The zero-order chi connectivity index (χ0) is 18.8. The highest BCUT2D eigenvalue weighted by Gasteiger charge is 2.06. The Morgan fingerprint density at radius 3 is 2.38 bits per heavy atom. The van der Waals surface area contributed by atoms with Crippen LogP contribution in [0.4, 0.5) is 4.79 Å². The van der Waals surface area contributed by atoms with Crippen LogP contribution < -0.4 is 29.6 Å². The first-order valence-corrected chi connectivity index (χ1v) is 8.15. The van der Waals surface area contributed by atoms with E-state index in [-0.39, 0.29) is 6.03 Å². The van der Waals surface area contributed by atoms with Crippen molar-refractivity contribution < 1.29 is 23.7 Å². The van der Waals surface area contributed by atoms with Crippen LogP contribution in [0.5, 0.6) is 23.0 Å². The summed E-state index contributed by atoms with van der Waals surface area (Å²) in [6.07, 6.45) is 0. The maximum atomic E-state index is 11.9. The summed E-state index contributed by atoms with van der Waals surface area (Å²) in [6.45, 7) is 1.12. The van der Waals surface area contributed by atoms with Crippen molar-refractivity contribution in [3.63, 3.8) is 0 Å². The van der Waals surface area contributed by atoms with E-state index in [1.165, 1.54) is 0 Å². The third kappa shape index (κ3) is 5.77. The number of benzene rings is 2. The first-order valence-electron chi connectivity index (χ1n) is 8.15. The van der Waals surface area contributed by atoms with Gasteiger partial charge in [0.1, 0.15) is 18.1 Å². The van der Waals surface area contributed by atoms with Gasteiger partial charge in [-0.05, 0) is 29.8 Å². The van der Waals surface area contributed by atoms with Crippen LogP contribution in [0, 0.1) is 0 Å². The summed E-state index contributed by atoms with van der Waals surface area (Å²) in [6, 6.07) is 12.5. The lowest BCUT2D eigenvalue weighted by Crippen LogP contribution is -2.37. The molecule has 2 aromatic carbocycles. The molecule has 0 saturated heterocycles. The molecule has 0 saturated carbocycles. The number of methoxy groups -OCH3 is 3. The first-order chi connectivity index (χ1) is 12.7. The normalized spacial score (nSPS) is 9.96. The molecule has 0 atom stereocenters. The van der Waals surface area contributed by atoms with Gasteiger partial charge in [0.05, 0.1) is 27.9 Å². The molecule has 0 aromatic heterocycles. The van der Waals surface area contributed by atoms with Crippen LogP contribution in [0.3, 0.4) is 0 Å². The van der Waals surface area contributed by atoms with Crippen molar-refractivity contribution in [3.8, 4) is 23.0 Å². The summed E-state index contributed by atoms with van der Waals surface area (Å²) in [5.74, 6) is 2.69. The summed E-state index contributed by atoms with van der Waals surface area (Å²) < 4.78 is 21.1. The molecule has 0 bridgehead atoms. The summed E-state index contributed by atoms with van der Waals surface area (Å²) in [4.78, 5) is 11.9.